The summed E-state index contributed by atoms with van der Waals surface area (Å²) >= 11 is 3.54. The molecule has 0 amide bonds. The molecule has 0 saturated heterocycles. The Labute approximate surface area is 96.9 Å². The van der Waals surface area contributed by atoms with Gasteiger partial charge in [0.15, 0.2) is 0 Å². The minimum Gasteiger partial charge on any atom is -0.478 e. The number of carboxylic acids is 1. The molecule has 6 heteroatoms. The van der Waals surface area contributed by atoms with E-state index in [4.69, 9.17) is 10.8 Å². The third-order valence-corrected chi connectivity index (χ3v) is 3.71. The highest BCUT2D eigenvalue weighted by Gasteiger charge is 2.13. The Balaban J connectivity index is 2.87. The standard InChI is InChI=1S/C8H5IN2O2S/c9-5-1-3-6(14-5)4(8(12)13)2-11-7(3)10/h1-2H,(H2,10,11)(H,12,13). The molecule has 3 N–H and O–H groups in total. The lowest BCUT2D eigenvalue weighted by molar-refractivity contribution is 0.0699. The van der Waals surface area contributed by atoms with E-state index in [1.807, 2.05) is 6.07 Å². The molecule has 0 aliphatic heterocycles. The van der Waals surface area contributed by atoms with Crippen molar-refractivity contribution in [3.8, 4) is 0 Å². The van der Waals surface area contributed by atoms with E-state index in [9.17, 15) is 4.79 Å². The second-order valence-electron chi connectivity index (χ2n) is 2.66. The van der Waals surface area contributed by atoms with E-state index in [1.54, 1.807) is 0 Å². The summed E-state index contributed by atoms with van der Waals surface area (Å²) < 4.78 is 1.69. The van der Waals surface area contributed by atoms with E-state index in [2.05, 4.69) is 27.6 Å². The summed E-state index contributed by atoms with van der Waals surface area (Å²) in [5, 5.41) is 9.63. The number of carboxylic acid groups (broad SMARTS) is 1. The van der Waals surface area contributed by atoms with Crippen molar-refractivity contribution in [1.29, 1.82) is 0 Å². The molecule has 0 aliphatic rings. The number of fused-ring (bicyclic) bond motifs is 1. The van der Waals surface area contributed by atoms with Gasteiger partial charge in [-0.15, -0.1) is 11.3 Å². The van der Waals surface area contributed by atoms with Crippen LogP contribution in [0.25, 0.3) is 10.1 Å². The number of hydrogen-bond donors (Lipinski definition) is 2. The topological polar surface area (TPSA) is 76.2 Å². The molecule has 2 aromatic rings. The fraction of sp³-hybridized carbons (Fsp3) is 0. The first kappa shape index (κ1) is 9.66. The molecule has 0 aliphatic carbocycles. The number of rotatable bonds is 1. The Hall–Kier alpha value is -0.890. The molecule has 0 saturated carbocycles. The Morgan fingerprint density at radius 3 is 3.00 bits per heavy atom. The highest BCUT2D eigenvalue weighted by molar-refractivity contribution is 14.1. The predicted octanol–water partition coefficient (Wildman–Crippen LogP) is 2.18. The minimum atomic E-state index is -0.972. The summed E-state index contributed by atoms with van der Waals surface area (Å²) in [4.78, 5) is 14.7. The van der Waals surface area contributed by atoms with Crippen molar-refractivity contribution >= 4 is 55.8 Å². The van der Waals surface area contributed by atoms with Gasteiger partial charge in [0.25, 0.3) is 0 Å². The third-order valence-electron chi connectivity index (χ3n) is 1.79. The number of halogens is 1. The summed E-state index contributed by atoms with van der Waals surface area (Å²) in [6.45, 7) is 0. The zero-order valence-electron chi connectivity index (χ0n) is 6.82. The summed E-state index contributed by atoms with van der Waals surface area (Å²) in [7, 11) is 0. The number of nitrogens with zero attached hydrogens (tertiary/aromatic N) is 1. The van der Waals surface area contributed by atoms with Gasteiger partial charge in [-0.1, -0.05) is 0 Å². The normalized spacial score (nSPS) is 10.6. The van der Waals surface area contributed by atoms with E-state index >= 15 is 0 Å². The van der Waals surface area contributed by atoms with Gasteiger partial charge in [-0.05, 0) is 28.7 Å². The lowest BCUT2D eigenvalue weighted by Gasteiger charge is -1.98. The van der Waals surface area contributed by atoms with Gasteiger partial charge < -0.3 is 10.8 Å². The van der Waals surface area contributed by atoms with Crippen LogP contribution in [-0.2, 0) is 0 Å². The highest BCUT2D eigenvalue weighted by atomic mass is 127. The van der Waals surface area contributed by atoms with Crippen LogP contribution in [0.2, 0.25) is 0 Å². The van der Waals surface area contributed by atoms with Gasteiger partial charge in [-0.3, -0.25) is 0 Å². The van der Waals surface area contributed by atoms with E-state index in [0.29, 0.717) is 10.5 Å². The Kier molecular flexibility index (Phi) is 2.31. The first-order valence-corrected chi connectivity index (χ1v) is 5.56. The van der Waals surface area contributed by atoms with Crippen LogP contribution in [0.3, 0.4) is 0 Å². The quantitative estimate of drug-likeness (QED) is 0.790. The summed E-state index contributed by atoms with van der Waals surface area (Å²) in [6, 6.07) is 1.84. The number of nitrogen functional groups attached to an aromatic ring is 1. The summed E-state index contributed by atoms with van der Waals surface area (Å²) in [5.74, 6) is -0.593. The SMILES string of the molecule is Nc1ncc(C(=O)O)c2sc(I)cc12. The molecule has 0 atom stereocenters. The molecular formula is C8H5IN2O2S. The number of carbonyl (C=O) groups is 1. The van der Waals surface area contributed by atoms with Crippen molar-refractivity contribution in [1.82, 2.24) is 4.98 Å². The summed E-state index contributed by atoms with van der Waals surface area (Å²) in [6.07, 6.45) is 1.30. The number of thiophene rings is 1. The molecule has 0 fully saturated rings. The van der Waals surface area contributed by atoms with Gasteiger partial charge >= 0.3 is 5.97 Å². The van der Waals surface area contributed by atoms with Gasteiger partial charge in [0.1, 0.15) is 5.82 Å². The average Bonchev–Trinajstić information content (AvgIpc) is 2.47. The molecule has 0 radical (unpaired) electrons. The molecule has 0 bridgehead atoms. The zero-order chi connectivity index (χ0) is 10.3. The fourth-order valence-corrected chi connectivity index (χ4v) is 3.03. The number of nitrogens with two attached hydrogens (primary N) is 1. The molecule has 2 rings (SSSR count). The summed E-state index contributed by atoms with van der Waals surface area (Å²) in [5.41, 5.74) is 5.85. The lowest BCUT2D eigenvalue weighted by atomic mass is 10.2. The van der Waals surface area contributed by atoms with E-state index in [-0.39, 0.29) is 5.56 Å². The molecule has 2 heterocycles. The number of aromatic nitrogens is 1. The fourth-order valence-electron chi connectivity index (χ4n) is 1.17. The maximum Gasteiger partial charge on any atom is 0.338 e. The first-order chi connectivity index (χ1) is 6.59. The number of aromatic carboxylic acids is 1. The molecule has 4 nitrogen and oxygen atoms in total. The van der Waals surface area contributed by atoms with Crippen molar-refractivity contribution < 1.29 is 9.90 Å². The van der Waals surface area contributed by atoms with E-state index in [0.717, 1.165) is 8.27 Å². The van der Waals surface area contributed by atoms with E-state index in [1.165, 1.54) is 17.5 Å². The van der Waals surface area contributed by atoms with Crippen molar-refractivity contribution in [2.24, 2.45) is 0 Å². The van der Waals surface area contributed by atoms with Crippen molar-refractivity contribution in [3.63, 3.8) is 0 Å². The van der Waals surface area contributed by atoms with Crippen LogP contribution in [0.15, 0.2) is 12.3 Å². The van der Waals surface area contributed by atoms with Gasteiger partial charge in [-0.25, -0.2) is 9.78 Å². The highest BCUT2D eigenvalue weighted by Crippen LogP contribution is 2.32. The van der Waals surface area contributed by atoms with Crippen molar-refractivity contribution in [2.75, 3.05) is 5.73 Å². The second kappa shape index (κ2) is 3.35. The van der Waals surface area contributed by atoms with Crippen LogP contribution < -0.4 is 5.73 Å². The van der Waals surface area contributed by atoms with Crippen LogP contribution in [0.5, 0.6) is 0 Å². The van der Waals surface area contributed by atoms with Gasteiger partial charge in [0, 0.05) is 11.6 Å². The zero-order valence-corrected chi connectivity index (χ0v) is 9.79. The molecule has 0 unspecified atom stereocenters. The van der Waals surface area contributed by atoms with Crippen LogP contribution in [-0.4, -0.2) is 16.1 Å². The van der Waals surface area contributed by atoms with Gasteiger partial charge in [0.2, 0.25) is 0 Å². The Morgan fingerprint density at radius 2 is 2.36 bits per heavy atom. The average molecular weight is 320 g/mol. The Bertz CT molecular complexity index is 523. The van der Waals surface area contributed by atoms with Crippen molar-refractivity contribution in [2.45, 2.75) is 0 Å². The van der Waals surface area contributed by atoms with Crippen LogP contribution in [0.4, 0.5) is 5.82 Å². The van der Waals surface area contributed by atoms with Gasteiger partial charge in [-0.2, -0.15) is 0 Å². The molecule has 2 aromatic heterocycles. The predicted molar refractivity (Wildman–Crippen MR) is 63.7 cm³/mol. The second-order valence-corrected chi connectivity index (χ2v) is 5.60. The Morgan fingerprint density at radius 1 is 1.64 bits per heavy atom. The smallest absolute Gasteiger partial charge is 0.338 e. The van der Waals surface area contributed by atoms with Crippen molar-refractivity contribution in [3.05, 3.63) is 20.7 Å². The molecule has 0 spiro atoms. The molecular weight excluding hydrogens is 315 g/mol. The molecule has 14 heavy (non-hydrogen) atoms. The van der Waals surface area contributed by atoms with E-state index < -0.39 is 5.97 Å². The minimum absolute atomic E-state index is 0.210. The number of hydrogen-bond acceptors (Lipinski definition) is 4. The van der Waals surface area contributed by atoms with Crippen LogP contribution in [0.1, 0.15) is 10.4 Å². The number of anilines is 1. The molecule has 0 aromatic carbocycles. The number of pyridine rings is 1. The monoisotopic (exact) mass is 320 g/mol. The maximum absolute atomic E-state index is 10.9. The largest absolute Gasteiger partial charge is 0.478 e. The molecule has 72 valence electrons. The maximum atomic E-state index is 10.9. The first-order valence-electron chi connectivity index (χ1n) is 3.66. The van der Waals surface area contributed by atoms with Gasteiger partial charge in [0.05, 0.1) is 13.1 Å². The van der Waals surface area contributed by atoms with Crippen LogP contribution in [0, 0.1) is 2.88 Å². The lowest BCUT2D eigenvalue weighted by Crippen LogP contribution is -1.99. The van der Waals surface area contributed by atoms with Crippen LogP contribution >= 0.6 is 33.9 Å². The third kappa shape index (κ3) is 1.44.